The monoisotopic (exact) mass is 800 g/mol. The van der Waals surface area contributed by atoms with Gasteiger partial charge in [-0.3, -0.25) is 0 Å². The molecule has 1 aliphatic carbocycles. The fourth-order valence-electron chi connectivity index (χ4n) is 3.11. The van der Waals surface area contributed by atoms with Crippen molar-refractivity contribution >= 4 is 45.7 Å². The van der Waals surface area contributed by atoms with E-state index in [0.29, 0.717) is 12.1 Å². The number of aromatic nitrogens is 2. The summed E-state index contributed by atoms with van der Waals surface area (Å²) >= 11 is 6.94. The van der Waals surface area contributed by atoms with Gasteiger partial charge in [-0.05, 0) is 12.8 Å². The summed E-state index contributed by atoms with van der Waals surface area (Å²) in [7, 11) is 1.89. The van der Waals surface area contributed by atoms with E-state index in [2.05, 4.69) is 66.4 Å². The molecule has 1 saturated carbocycles. The van der Waals surface area contributed by atoms with Crippen molar-refractivity contribution in [3.63, 3.8) is 0 Å². The van der Waals surface area contributed by atoms with E-state index in [1.54, 1.807) is 6.07 Å². The summed E-state index contributed by atoms with van der Waals surface area (Å²) in [6.45, 7) is 0.434. The second-order valence-electron chi connectivity index (χ2n) is 6.88. The maximum absolute atomic E-state index is 12.6. The Morgan fingerprint density at radius 2 is 1.75 bits per heavy atom. The fourth-order valence-corrected chi connectivity index (χ4v) is 4.74. The third kappa shape index (κ3) is 7.87. The first-order valence-corrected chi connectivity index (χ1v) is 12.2. The van der Waals surface area contributed by atoms with E-state index in [1.165, 1.54) is 50.7 Å². The zero-order valence-corrected chi connectivity index (χ0v) is 22.1. The number of benzene rings is 1. The molecule has 0 unspecified atom stereocenters. The van der Waals surface area contributed by atoms with Crippen molar-refractivity contribution in [3.05, 3.63) is 51.6 Å². The van der Waals surface area contributed by atoms with Crippen molar-refractivity contribution in [2.45, 2.75) is 57.3 Å². The molecule has 0 N–H and O–H groups in total. The number of rotatable bonds is 3. The van der Waals surface area contributed by atoms with Crippen LogP contribution in [0, 0.1) is 3.80 Å². The van der Waals surface area contributed by atoms with Crippen LogP contribution in [0.15, 0.2) is 36.7 Å². The Bertz CT molecular complexity index is 794. The van der Waals surface area contributed by atoms with Gasteiger partial charge in [-0.15, -0.1) is 0 Å². The zero-order chi connectivity index (χ0) is 20.7. The molecule has 1 fully saturated rings. The second kappa shape index (κ2) is 11.6. The number of halogens is 5. The topological polar surface area (TPSA) is 13.1 Å². The van der Waals surface area contributed by atoms with Crippen LogP contribution in [0.3, 0.4) is 0 Å². The van der Waals surface area contributed by atoms with Crippen LogP contribution in [0.1, 0.15) is 49.7 Å². The molecular formula is C19H24F3I2N3Pt. The Morgan fingerprint density at radius 3 is 2.25 bits per heavy atom. The van der Waals surface area contributed by atoms with Gasteiger partial charge in [-0.25, -0.2) is 0 Å². The summed E-state index contributed by atoms with van der Waals surface area (Å²) in [5.74, 6) is 0. The summed E-state index contributed by atoms with van der Waals surface area (Å²) in [5, 5.41) is 0. The van der Waals surface area contributed by atoms with Crippen LogP contribution in [0.4, 0.5) is 13.2 Å². The van der Waals surface area contributed by atoms with Gasteiger partial charge in [0.1, 0.15) is 0 Å². The number of nitrogens with zero attached hydrogens (tertiary/aromatic N) is 3. The molecule has 1 heterocycles. The van der Waals surface area contributed by atoms with Gasteiger partial charge in [0.2, 0.25) is 0 Å². The number of alkyl halides is 3. The van der Waals surface area contributed by atoms with Crippen LogP contribution in [0.2, 0.25) is 0 Å². The molecule has 1 aromatic heterocycles. The predicted molar refractivity (Wildman–Crippen MR) is 119 cm³/mol. The van der Waals surface area contributed by atoms with Crippen molar-refractivity contribution in [2.75, 3.05) is 0 Å². The van der Waals surface area contributed by atoms with Crippen molar-refractivity contribution < 1.29 is 32.5 Å². The average Bonchev–Trinajstić information content (AvgIpc) is 2.85. The van der Waals surface area contributed by atoms with Gasteiger partial charge in [-0.1, -0.05) is 25.7 Å². The molecule has 0 amide bonds. The van der Waals surface area contributed by atoms with Crippen LogP contribution in [0.5, 0.6) is 0 Å². The Kier molecular flexibility index (Phi) is 10.2. The number of hydrogen-bond donors (Lipinski definition) is 0. The molecule has 0 atom stereocenters. The van der Waals surface area contributed by atoms with Crippen LogP contribution in [-0.4, -0.2) is 16.5 Å². The van der Waals surface area contributed by atoms with Crippen molar-refractivity contribution in [1.29, 1.82) is 0 Å². The van der Waals surface area contributed by atoms with Gasteiger partial charge in [0.05, 0.1) is 0 Å². The third-order valence-corrected chi connectivity index (χ3v) is 7.70. The maximum Gasteiger partial charge on any atom is 0.0311 e. The molecule has 2 aromatic rings. The van der Waals surface area contributed by atoms with Crippen LogP contribution >= 0.6 is 45.7 Å². The first-order chi connectivity index (χ1) is 13.2. The van der Waals surface area contributed by atoms with Gasteiger partial charge < -0.3 is 0 Å². The van der Waals surface area contributed by atoms with Crippen LogP contribution < -0.4 is 0 Å². The molecule has 3 nitrogen and oxygen atoms in total. The molecule has 0 saturated heterocycles. The van der Waals surface area contributed by atoms with E-state index in [-0.39, 0.29) is 0 Å². The van der Waals surface area contributed by atoms with E-state index in [1.807, 2.05) is 28.6 Å². The first-order valence-electron chi connectivity index (χ1n) is 9.12. The molecule has 3 rings (SSSR count). The van der Waals surface area contributed by atoms with E-state index >= 15 is 0 Å². The standard InChI is InChI=1S/C12H11F3N2.C7H13I2N.Pt/c1-16-5-6-17(9-16)8-10-3-2-4-11(7-10)12(13,14)15;8-10(9)7-5-3-1-2-4-6-7;/h2-7H,8H2,1H3;7H,1-6H2;. The normalized spacial score (nSPS) is 15.9. The molecule has 0 radical (unpaired) electrons. The molecule has 28 heavy (non-hydrogen) atoms. The zero-order valence-electron chi connectivity index (χ0n) is 15.5. The fraction of sp³-hybridized carbons (Fsp3) is 0.526. The van der Waals surface area contributed by atoms with Gasteiger partial charge in [0.15, 0.2) is 0 Å². The molecule has 160 valence electrons. The van der Waals surface area contributed by atoms with Gasteiger partial charge in [0.25, 0.3) is 0 Å². The predicted octanol–water partition coefficient (Wildman–Crippen LogP) is 6.68. The molecule has 9 heteroatoms. The Hall–Kier alpha value is 0.328. The third-order valence-electron chi connectivity index (χ3n) is 4.67. The molecule has 0 aliphatic heterocycles. The molecule has 1 aliphatic rings. The first kappa shape index (κ1) is 24.6. The summed E-state index contributed by atoms with van der Waals surface area (Å²) in [4.78, 5) is 0. The van der Waals surface area contributed by atoms with Crippen molar-refractivity contribution in [1.82, 2.24) is 10.5 Å². The summed E-state index contributed by atoms with van der Waals surface area (Å²) in [6, 6.07) is 6.27. The van der Waals surface area contributed by atoms with Gasteiger partial charge in [0, 0.05) is 51.8 Å². The summed E-state index contributed by atoms with van der Waals surface area (Å²) < 4.78 is 44.8. The minimum absolute atomic E-state index is 0.434. The van der Waals surface area contributed by atoms with Crippen molar-refractivity contribution in [3.8, 4) is 0 Å². The quantitative estimate of drug-likeness (QED) is 0.192. The van der Waals surface area contributed by atoms with Gasteiger partial charge in [-0.2, -0.15) is 1.33 Å². The van der Waals surface area contributed by atoms with Crippen molar-refractivity contribution in [2.24, 2.45) is 7.05 Å². The number of imidazole rings is 1. The SMILES string of the molecule is Cn1ccn(Cc2cccc(C(F)(F)F)c2)[c]1=[Pt].IN(I)C1CCCCCC1. The van der Waals surface area contributed by atoms with Crippen LogP contribution in [-0.2, 0) is 39.1 Å². The molecule has 0 bridgehead atoms. The van der Waals surface area contributed by atoms with Gasteiger partial charge >= 0.3 is 113 Å². The Labute approximate surface area is 203 Å². The van der Waals surface area contributed by atoms with E-state index in [4.69, 9.17) is 0 Å². The summed E-state index contributed by atoms with van der Waals surface area (Å²) in [6.07, 6.45) is 8.04. The molecule has 0 spiro atoms. The Morgan fingerprint density at radius 1 is 1.11 bits per heavy atom. The van der Waals surface area contributed by atoms with Crippen LogP contribution in [0.25, 0.3) is 0 Å². The summed E-state index contributed by atoms with van der Waals surface area (Å²) in [5.41, 5.74) is 0.0334. The largest absolute Gasteiger partial charge is 0.185 e. The molecular weight excluding hydrogens is 776 g/mol. The van der Waals surface area contributed by atoms with E-state index in [0.717, 1.165) is 15.9 Å². The average molecular weight is 800 g/mol. The minimum atomic E-state index is -4.29. The number of hydrogen-bond acceptors (Lipinski definition) is 1. The van der Waals surface area contributed by atoms with E-state index < -0.39 is 11.7 Å². The second-order valence-corrected chi connectivity index (χ2v) is 11.8. The smallest absolute Gasteiger partial charge is 0.0311 e. The van der Waals surface area contributed by atoms with E-state index in [9.17, 15) is 13.2 Å². The molecule has 1 aromatic carbocycles. The maximum atomic E-state index is 12.6. The minimum Gasteiger partial charge on any atom is -0.185 e. The number of aryl methyl sites for hydroxylation is 1. The Balaban J connectivity index is 0.000000237.